The van der Waals surface area contributed by atoms with Gasteiger partial charge in [0.1, 0.15) is 11.4 Å². The Hall–Kier alpha value is -3.46. The van der Waals surface area contributed by atoms with Gasteiger partial charge < -0.3 is 29.5 Å². The molecule has 1 aromatic rings. The highest BCUT2D eigenvalue weighted by Gasteiger charge is 2.54. The van der Waals surface area contributed by atoms with Crippen LogP contribution >= 0.6 is 0 Å². The molecule has 1 saturated heterocycles. The van der Waals surface area contributed by atoms with Crippen LogP contribution in [0.3, 0.4) is 0 Å². The molecule has 15 heteroatoms. The van der Waals surface area contributed by atoms with Gasteiger partial charge in [-0.3, -0.25) is 15.0 Å². The van der Waals surface area contributed by atoms with E-state index in [-0.39, 0.29) is 6.42 Å². The van der Waals surface area contributed by atoms with Crippen LogP contribution in [0.1, 0.15) is 30.6 Å². The lowest BCUT2D eigenvalue weighted by atomic mass is 9.92. The van der Waals surface area contributed by atoms with Crippen LogP contribution in [0.25, 0.3) is 0 Å². The number of hydrogen-bond acceptors (Lipinski definition) is 8. The number of benzene rings is 1. The van der Waals surface area contributed by atoms with E-state index in [1.807, 2.05) is 0 Å². The summed E-state index contributed by atoms with van der Waals surface area (Å²) in [7, 11) is 0. The molecule has 32 heavy (non-hydrogen) atoms. The number of carboxylic acids is 1. The van der Waals surface area contributed by atoms with Crippen molar-refractivity contribution in [2.45, 2.75) is 37.1 Å². The number of likely N-dealkylation sites (tertiary alicyclic amines) is 1. The molecule has 0 bridgehead atoms. The van der Waals surface area contributed by atoms with Crippen molar-refractivity contribution >= 4 is 35.0 Å². The zero-order valence-electron chi connectivity index (χ0n) is 16.7. The molecule has 6 N–H and O–H groups in total. The second kappa shape index (κ2) is 9.35. The highest BCUT2D eigenvalue weighted by Crippen LogP contribution is 2.32. The van der Waals surface area contributed by atoms with E-state index in [1.165, 1.54) is 0 Å². The standard InChI is InChI=1S/C17H20FN3O10S/c1-7-5-10(23)21(7)13(15(26)27)17(2,32(29)30)6-31-16(28)20-19-14(25)8-3-4-9(22)12(24)11(8)18/h3-4,7,13,22,24H,5-6H2,1-2H3,(H,19,25)(H,20,28)(H,26,27)(H,29,30)/t7-,13+,17+/m1/s1. The van der Waals surface area contributed by atoms with Crippen LogP contribution in [0.15, 0.2) is 12.1 Å². The molecular formula is C17H20FN3O10S. The smallest absolute Gasteiger partial charge is 0.426 e. The minimum Gasteiger partial charge on any atom is -0.504 e. The molecular weight excluding hydrogens is 457 g/mol. The van der Waals surface area contributed by atoms with Gasteiger partial charge >= 0.3 is 12.1 Å². The van der Waals surface area contributed by atoms with Crippen LogP contribution in [-0.4, -0.2) is 76.3 Å². The van der Waals surface area contributed by atoms with E-state index >= 15 is 0 Å². The van der Waals surface area contributed by atoms with Crippen molar-refractivity contribution in [1.29, 1.82) is 0 Å². The first-order valence-corrected chi connectivity index (χ1v) is 10.00. The Kier molecular flexibility index (Phi) is 7.25. The van der Waals surface area contributed by atoms with Crippen molar-refractivity contribution in [3.8, 4) is 11.5 Å². The molecule has 176 valence electrons. The molecule has 4 atom stereocenters. The minimum absolute atomic E-state index is 0.0503. The molecule has 13 nitrogen and oxygen atoms in total. The number of nitrogens with zero attached hydrogens (tertiary/aromatic N) is 1. The molecule has 0 aromatic heterocycles. The van der Waals surface area contributed by atoms with Gasteiger partial charge in [-0.15, -0.1) is 0 Å². The number of aromatic hydroxyl groups is 2. The first-order valence-electron chi connectivity index (χ1n) is 8.89. The average Bonchev–Trinajstić information content (AvgIpc) is 2.72. The number of amides is 3. The number of nitrogens with one attached hydrogen (secondary N) is 2. The highest BCUT2D eigenvalue weighted by atomic mass is 32.2. The third-order valence-corrected chi connectivity index (χ3v) is 5.97. The van der Waals surface area contributed by atoms with E-state index in [9.17, 15) is 42.5 Å². The predicted molar refractivity (Wildman–Crippen MR) is 103 cm³/mol. The number of carbonyl (C=O) groups excluding carboxylic acids is 3. The Balaban J connectivity index is 2.06. The van der Waals surface area contributed by atoms with Crippen molar-refractivity contribution in [3.05, 3.63) is 23.5 Å². The van der Waals surface area contributed by atoms with Gasteiger partial charge in [0.25, 0.3) is 5.91 Å². The molecule has 2 rings (SSSR count). The number of phenols is 2. The monoisotopic (exact) mass is 477 g/mol. The number of rotatable bonds is 7. The van der Waals surface area contributed by atoms with Gasteiger partial charge in [0.05, 0.1) is 5.56 Å². The molecule has 3 amide bonds. The maximum Gasteiger partial charge on any atom is 0.426 e. The summed E-state index contributed by atoms with van der Waals surface area (Å²) in [6.07, 6.45) is -1.35. The fraction of sp³-hybridized carbons (Fsp3) is 0.412. The van der Waals surface area contributed by atoms with Crippen molar-refractivity contribution in [3.63, 3.8) is 0 Å². The molecule has 1 aliphatic rings. The third kappa shape index (κ3) is 4.72. The van der Waals surface area contributed by atoms with Gasteiger partial charge in [-0.1, -0.05) is 0 Å². The zero-order valence-corrected chi connectivity index (χ0v) is 17.5. The Morgan fingerprint density at radius 1 is 1.34 bits per heavy atom. The number of phenolic OH excluding ortho intramolecular Hbond substituents is 2. The quantitative estimate of drug-likeness (QED) is 0.130. The molecule has 1 aliphatic heterocycles. The van der Waals surface area contributed by atoms with Crippen LogP contribution in [-0.2, 0) is 25.4 Å². The lowest BCUT2D eigenvalue weighted by molar-refractivity contribution is -0.163. The van der Waals surface area contributed by atoms with Crippen molar-refractivity contribution < 1.29 is 52.4 Å². The van der Waals surface area contributed by atoms with Gasteiger partial charge in [-0.2, -0.15) is 0 Å². The zero-order chi connectivity index (χ0) is 24.4. The Morgan fingerprint density at radius 2 is 1.97 bits per heavy atom. The van der Waals surface area contributed by atoms with E-state index in [0.717, 1.165) is 24.0 Å². The number of hydrogen-bond donors (Lipinski definition) is 6. The van der Waals surface area contributed by atoms with E-state index in [0.29, 0.717) is 0 Å². The number of halogens is 1. The molecule has 1 aromatic carbocycles. The SMILES string of the molecule is C[C@@H]1CC(=O)N1[C@@H](C(=O)O)[C@](C)(COC(=O)NNC(=O)c1ccc(O)c(O)c1F)S(=O)O. The summed E-state index contributed by atoms with van der Waals surface area (Å²) in [5.41, 5.74) is 2.73. The average molecular weight is 477 g/mol. The highest BCUT2D eigenvalue weighted by molar-refractivity contribution is 7.80. The number of aliphatic carboxylic acids is 1. The molecule has 1 heterocycles. The number of hydrazine groups is 1. The van der Waals surface area contributed by atoms with E-state index in [1.54, 1.807) is 17.8 Å². The maximum atomic E-state index is 13.8. The summed E-state index contributed by atoms with van der Waals surface area (Å²) in [5.74, 6) is -6.85. The summed E-state index contributed by atoms with van der Waals surface area (Å²) in [6, 6.07) is -0.656. The van der Waals surface area contributed by atoms with Crippen LogP contribution in [0.2, 0.25) is 0 Å². The molecule has 0 saturated carbocycles. The Bertz CT molecular complexity index is 990. The summed E-state index contributed by atoms with van der Waals surface area (Å²) in [5, 5.41) is 28.0. The van der Waals surface area contributed by atoms with Crippen LogP contribution in [0, 0.1) is 5.82 Å². The number of β-lactam (4-membered cyclic amide) rings is 1. The van der Waals surface area contributed by atoms with Gasteiger partial charge in [0.15, 0.2) is 34.4 Å². The van der Waals surface area contributed by atoms with Gasteiger partial charge in [0, 0.05) is 12.5 Å². The maximum absolute atomic E-state index is 13.8. The summed E-state index contributed by atoms with van der Waals surface area (Å²) < 4.78 is 38.0. The minimum atomic E-state index is -2.87. The molecule has 1 unspecified atom stereocenters. The van der Waals surface area contributed by atoms with Crippen molar-refractivity contribution in [1.82, 2.24) is 15.8 Å². The third-order valence-electron chi connectivity index (χ3n) is 4.83. The van der Waals surface area contributed by atoms with Gasteiger partial charge in [-0.25, -0.2) is 23.6 Å². The van der Waals surface area contributed by atoms with Crippen LogP contribution in [0.4, 0.5) is 9.18 Å². The first-order chi connectivity index (χ1) is 14.8. The van der Waals surface area contributed by atoms with Gasteiger partial charge in [0.2, 0.25) is 5.91 Å². The molecule has 0 radical (unpaired) electrons. The lowest BCUT2D eigenvalue weighted by Crippen LogP contribution is -2.68. The fourth-order valence-electron chi connectivity index (χ4n) is 3.04. The molecule has 0 aliphatic carbocycles. The van der Waals surface area contributed by atoms with Gasteiger partial charge in [-0.05, 0) is 26.0 Å². The van der Waals surface area contributed by atoms with E-state index in [2.05, 4.69) is 0 Å². The van der Waals surface area contributed by atoms with Crippen molar-refractivity contribution in [2.24, 2.45) is 0 Å². The van der Waals surface area contributed by atoms with Crippen LogP contribution < -0.4 is 10.9 Å². The summed E-state index contributed by atoms with van der Waals surface area (Å²) in [4.78, 5) is 48.3. The Labute approximate surface area is 182 Å². The molecule has 1 fully saturated rings. The predicted octanol–water partition coefficient (Wildman–Crippen LogP) is -0.338. The largest absolute Gasteiger partial charge is 0.504 e. The van der Waals surface area contributed by atoms with E-state index in [4.69, 9.17) is 9.84 Å². The number of ether oxygens (including phenoxy) is 1. The van der Waals surface area contributed by atoms with E-state index < -0.39 is 81.3 Å². The number of carbonyl (C=O) groups is 4. The van der Waals surface area contributed by atoms with Crippen LogP contribution in [0.5, 0.6) is 11.5 Å². The summed E-state index contributed by atoms with van der Waals surface area (Å²) in [6.45, 7) is 1.63. The topological polar surface area (TPSA) is 203 Å². The second-order valence-corrected chi connectivity index (χ2v) is 8.54. The Morgan fingerprint density at radius 3 is 2.47 bits per heavy atom. The van der Waals surface area contributed by atoms with Crippen molar-refractivity contribution in [2.75, 3.05) is 6.61 Å². The summed E-state index contributed by atoms with van der Waals surface area (Å²) >= 11 is -2.87. The first kappa shape index (κ1) is 24.8. The normalized spacial score (nSPS) is 19.2. The fourth-order valence-corrected chi connectivity index (χ4v) is 3.60. The second-order valence-electron chi connectivity index (χ2n) is 7.11. The molecule has 0 spiro atoms. The number of carboxylic acid groups (broad SMARTS) is 1. The lowest BCUT2D eigenvalue weighted by Gasteiger charge is -2.47.